The summed E-state index contributed by atoms with van der Waals surface area (Å²) >= 11 is 12.0. The molecule has 0 atom stereocenters. The maximum absolute atomic E-state index is 11.7. The number of rotatable bonds is 7. The van der Waals surface area contributed by atoms with Gasteiger partial charge in [-0.15, -0.1) is 0 Å². The van der Waals surface area contributed by atoms with Crippen molar-refractivity contribution in [3.63, 3.8) is 0 Å². The molecule has 0 fully saturated rings. The molecular formula is C14H16Cl2N4O. The second-order valence-corrected chi connectivity index (χ2v) is 5.26. The van der Waals surface area contributed by atoms with Gasteiger partial charge in [-0.2, -0.15) is 0 Å². The molecule has 0 saturated carbocycles. The van der Waals surface area contributed by atoms with Gasteiger partial charge in [-0.25, -0.2) is 4.98 Å². The van der Waals surface area contributed by atoms with Crippen molar-refractivity contribution >= 4 is 29.1 Å². The topological polar surface area (TPSA) is 69.8 Å². The van der Waals surface area contributed by atoms with E-state index in [-0.39, 0.29) is 12.5 Å². The molecule has 1 aromatic heterocycles. The van der Waals surface area contributed by atoms with Crippen molar-refractivity contribution in [2.45, 2.75) is 13.0 Å². The van der Waals surface area contributed by atoms with Crippen molar-refractivity contribution in [1.29, 1.82) is 0 Å². The quantitative estimate of drug-likeness (QED) is 0.683. The molecule has 2 rings (SSSR count). The fraction of sp³-hybridized carbons (Fsp3) is 0.286. The van der Waals surface area contributed by atoms with Crippen LogP contribution in [-0.2, 0) is 17.8 Å². The molecule has 0 radical (unpaired) electrons. The summed E-state index contributed by atoms with van der Waals surface area (Å²) in [5.74, 6) is -0.0898. The van der Waals surface area contributed by atoms with Crippen LogP contribution >= 0.6 is 23.2 Å². The van der Waals surface area contributed by atoms with E-state index < -0.39 is 0 Å². The molecule has 0 spiro atoms. The van der Waals surface area contributed by atoms with Crippen LogP contribution < -0.4 is 10.6 Å². The number of nitrogens with zero attached hydrogens (tertiary/aromatic N) is 1. The number of H-pyrrole nitrogens is 1. The smallest absolute Gasteiger partial charge is 0.234 e. The van der Waals surface area contributed by atoms with Crippen LogP contribution in [0.4, 0.5) is 0 Å². The van der Waals surface area contributed by atoms with E-state index in [1.54, 1.807) is 18.5 Å². The molecule has 112 valence electrons. The molecule has 0 unspecified atom stereocenters. The molecule has 3 N–H and O–H groups in total. The number of imidazole rings is 1. The van der Waals surface area contributed by atoms with E-state index in [0.29, 0.717) is 23.1 Å². The third-order valence-corrected chi connectivity index (χ3v) is 3.76. The normalized spacial score (nSPS) is 10.6. The number of amides is 1. The summed E-state index contributed by atoms with van der Waals surface area (Å²) in [6, 6.07) is 5.35. The lowest BCUT2D eigenvalue weighted by atomic mass is 10.2. The van der Waals surface area contributed by atoms with Crippen molar-refractivity contribution in [2.24, 2.45) is 0 Å². The predicted octanol–water partition coefficient (Wildman–Crippen LogP) is 2.17. The van der Waals surface area contributed by atoms with Crippen LogP contribution in [0, 0.1) is 0 Å². The molecule has 0 bridgehead atoms. The van der Waals surface area contributed by atoms with Gasteiger partial charge < -0.3 is 15.6 Å². The fourth-order valence-corrected chi connectivity index (χ4v) is 2.17. The van der Waals surface area contributed by atoms with Gasteiger partial charge in [0.25, 0.3) is 0 Å². The predicted molar refractivity (Wildman–Crippen MR) is 83.5 cm³/mol. The fourth-order valence-electron chi connectivity index (χ4n) is 1.79. The molecule has 0 aliphatic heterocycles. The zero-order valence-corrected chi connectivity index (χ0v) is 12.8. The monoisotopic (exact) mass is 326 g/mol. The minimum atomic E-state index is -0.0898. The minimum Gasteiger partial charge on any atom is -0.351 e. The van der Waals surface area contributed by atoms with Gasteiger partial charge in [0.1, 0.15) is 0 Å². The lowest BCUT2D eigenvalue weighted by Gasteiger charge is -2.08. The highest BCUT2D eigenvalue weighted by atomic mass is 35.5. The van der Waals surface area contributed by atoms with Crippen LogP contribution in [0.3, 0.4) is 0 Å². The SMILES string of the molecule is O=C(CNCCc1c[nH]cn1)NCc1cccc(Cl)c1Cl. The molecule has 0 aliphatic rings. The number of nitrogens with one attached hydrogen (secondary N) is 3. The van der Waals surface area contributed by atoms with Gasteiger partial charge in [-0.3, -0.25) is 4.79 Å². The number of carbonyl (C=O) groups is 1. The summed E-state index contributed by atoms with van der Waals surface area (Å²) in [5.41, 5.74) is 1.77. The van der Waals surface area contributed by atoms with Gasteiger partial charge in [0, 0.05) is 25.7 Å². The number of carbonyl (C=O) groups excluding carboxylic acids is 1. The maximum Gasteiger partial charge on any atom is 0.234 e. The molecule has 1 heterocycles. The average molecular weight is 327 g/mol. The van der Waals surface area contributed by atoms with Gasteiger partial charge in [0.15, 0.2) is 0 Å². The Morgan fingerprint density at radius 3 is 2.95 bits per heavy atom. The first kappa shape index (κ1) is 15.8. The molecule has 21 heavy (non-hydrogen) atoms. The number of hydrogen-bond acceptors (Lipinski definition) is 3. The lowest BCUT2D eigenvalue weighted by Crippen LogP contribution is -2.34. The molecule has 2 aromatic rings. The first-order valence-corrected chi connectivity index (χ1v) is 7.30. The Kier molecular flexibility index (Phi) is 6.04. The Hall–Kier alpha value is -1.56. The molecule has 1 aromatic carbocycles. The van der Waals surface area contributed by atoms with E-state index in [1.165, 1.54) is 0 Å². The first-order chi connectivity index (χ1) is 10.2. The van der Waals surface area contributed by atoms with Crippen molar-refractivity contribution < 1.29 is 4.79 Å². The van der Waals surface area contributed by atoms with Crippen molar-refractivity contribution in [2.75, 3.05) is 13.1 Å². The average Bonchev–Trinajstić information content (AvgIpc) is 2.98. The number of benzene rings is 1. The number of aromatic amines is 1. The second kappa shape index (κ2) is 8.02. The molecule has 5 nitrogen and oxygen atoms in total. The zero-order valence-electron chi connectivity index (χ0n) is 11.3. The van der Waals surface area contributed by atoms with E-state index in [4.69, 9.17) is 23.2 Å². The van der Waals surface area contributed by atoms with E-state index in [2.05, 4.69) is 20.6 Å². The highest BCUT2D eigenvalue weighted by Crippen LogP contribution is 2.25. The van der Waals surface area contributed by atoms with Gasteiger partial charge in [0.2, 0.25) is 5.91 Å². The highest BCUT2D eigenvalue weighted by Gasteiger charge is 2.06. The van der Waals surface area contributed by atoms with Crippen molar-refractivity contribution in [3.05, 3.63) is 52.0 Å². The van der Waals surface area contributed by atoms with E-state index >= 15 is 0 Å². The Morgan fingerprint density at radius 1 is 1.33 bits per heavy atom. The summed E-state index contributed by atoms with van der Waals surface area (Å²) in [5, 5.41) is 6.82. The van der Waals surface area contributed by atoms with Gasteiger partial charge in [-0.1, -0.05) is 35.3 Å². The molecular weight excluding hydrogens is 311 g/mol. The molecule has 7 heteroatoms. The Morgan fingerprint density at radius 2 is 2.19 bits per heavy atom. The van der Waals surface area contributed by atoms with Crippen LogP contribution in [0.5, 0.6) is 0 Å². The Bertz CT molecular complexity index is 587. The Balaban J connectivity index is 1.66. The molecule has 0 saturated heterocycles. The van der Waals surface area contributed by atoms with Crippen LogP contribution in [0.15, 0.2) is 30.7 Å². The Labute approximate surface area is 133 Å². The third kappa shape index (κ3) is 5.04. The largest absolute Gasteiger partial charge is 0.351 e. The second-order valence-electron chi connectivity index (χ2n) is 4.48. The summed E-state index contributed by atoms with van der Waals surface area (Å²) in [6.07, 6.45) is 4.25. The van der Waals surface area contributed by atoms with Crippen LogP contribution in [0.2, 0.25) is 10.0 Å². The lowest BCUT2D eigenvalue weighted by molar-refractivity contribution is -0.120. The summed E-state index contributed by atoms with van der Waals surface area (Å²) in [7, 11) is 0. The van der Waals surface area contributed by atoms with E-state index in [9.17, 15) is 4.79 Å². The van der Waals surface area contributed by atoms with Crippen molar-refractivity contribution in [3.8, 4) is 0 Å². The first-order valence-electron chi connectivity index (χ1n) is 6.55. The maximum atomic E-state index is 11.7. The van der Waals surface area contributed by atoms with Gasteiger partial charge in [0.05, 0.1) is 28.6 Å². The highest BCUT2D eigenvalue weighted by molar-refractivity contribution is 6.42. The summed E-state index contributed by atoms with van der Waals surface area (Å²) in [6.45, 7) is 1.30. The van der Waals surface area contributed by atoms with Crippen molar-refractivity contribution in [1.82, 2.24) is 20.6 Å². The van der Waals surface area contributed by atoms with E-state index in [1.807, 2.05) is 12.3 Å². The number of hydrogen-bond donors (Lipinski definition) is 3. The zero-order chi connectivity index (χ0) is 15.1. The number of halogens is 2. The molecule has 1 amide bonds. The van der Waals surface area contributed by atoms with Gasteiger partial charge in [-0.05, 0) is 11.6 Å². The van der Waals surface area contributed by atoms with Crippen LogP contribution in [0.1, 0.15) is 11.3 Å². The standard InChI is InChI=1S/C14H16Cl2N4O/c15-12-3-1-2-10(14(12)16)6-19-13(21)8-17-5-4-11-7-18-9-20-11/h1-3,7,9,17H,4-6,8H2,(H,18,20)(H,19,21). The van der Waals surface area contributed by atoms with Gasteiger partial charge >= 0.3 is 0 Å². The van der Waals surface area contributed by atoms with E-state index in [0.717, 1.165) is 17.7 Å². The third-order valence-electron chi connectivity index (χ3n) is 2.91. The minimum absolute atomic E-state index is 0.0898. The summed E-state index contributed by atoms with van der Waals surface area (Å²) < 4.78 is 0. The number of aromatic nitrogens is 2. The van der Waals surface area contributed by atoms with Crippen LogP contribution in [0.25, 0.3) is 0 Å². The summed E-state index contributed by atoms with van der Waals surface area (Å²) in [4.78, 5) is 18.7. The molecule has 0 aliphatic carbocycles. The van der Waals surface area contributed by atoms with Crippen LogP contribution in [-0.4, -0.2) is 29.0 Å².